The second-order valence-corrected chi connectivity index (χ2v) is 6.59. The zero-order valence-electron chi connectivity index (χ0n) is 11.2. The summed E-state index contributed by atoms with van der Waals surface area (Å²) in [4.78, 5) is 15.7. The van der Waals surface area contributed by atoms with Gasteiger partial charge in [0.1, 0.15) is 0 Å². The number of hydrogen-bond donors (Lipinski definition) is 2. The molecule has 1 saturated heterocycles. The second kappa shape index (κ2) is 5.29. The van der Waals surface area contributed by atoms with Gasteiger partial charge in [0.2, 0.25) is 5.91 Å². The van der Waals surface area contributed by atoms with Gasteiger partial charge in [-0.3, -0.25) is 9.79 Å². The molecule has 0 aromatic heterocycles. The molecule has 1 atom stereocenters. The fourth-order valence-corrected chi connectivity index (χ4v) is 2.65. The van der Waals surface area contributed by atoms with Crippen molar-refractivity contribution in [1.29, 1.82) is 0 Å². The van der Waals surface area contributed by atoms with E-state index in [2.05, 4.69) is 24.2 Å². The van der Waals surface area contributed by atoms with Crippen LogP contribution in [0.5, 0.6) is 0 Å². The fraction of sp³-hybridized carbons (Fsp3) is 0.833. The van der Waals surface area contributed by atoms with Crippen LogP contribution in [0.15, 0.2) is 4.99 Å². The van der Waals surface area contributed by atoms with E-state index in [0.717, 1.165) is 23.8 Å². The first kappa shape index (κ1) is 14.4. The molecule has 1 rings (SSSR count). The maximum absolute atomic E-state index is 11.2. The lowest BCUT2D eigenvalue weighted by atomic mass is 9.93. The van der Waals surface area contributed by atoms with Gasteiger partial charge in [-0.05, 0) is 33.6 Å². The highest BCUT2D eigenvalue weighted by atomic mass is 32.2. The summed E-state index contributed by atoms with van der Waals surface area (Å²) in [5.74, 6) is 0.772. The van der Waals surface area contributed by atoms with Gasteiger partial charge < -0.3 is 11.1 Å². The molecule has 0 aromatic carbocycles. The van der Waals surface area contributed by atoms with E-state index in [1.54, 1.807) is 11.8 Å². The lowest BCUT2D eigenvalue weighted by Crippen LogP contribution is -2.48. The number of rotatable bonds is 4. The third kappa shape index (κ3) is 3.91. The van der Waals surface area contributed by atoms with Crippen LogP contribution in [-0.4, -0.2) is 28.9 Å². The number of nitrogens with one attached hydrogen (secondary N) is 1. The van der Waals surface area contributed by atoms with E-state index >= 15 is 0 Å². The summed E-state index contributed by atoms with van der Waals surface area (Å²) in [7, 11) is 0. The van der Waals surface area contributed by atoms with Crippen LogP contribution < -0.4 is 11.1 Å². The number of nitrogens with zero attached hydrogens (tertiary/aromatic N) is 1. The van der Waals surface area contributed by atoms with E-state index in [4.69, 9.17) is 5.73 Å². The van der Waals surface area contributed by atoms with Gasteiger partial charge in [-0.15, -0.1) is 0 Å². The number of amidine groups is 1. The van der Waals surface area contributed by atoms with Crippen LogP contribution in [-0.2, 0) is 4.79 Å². The van der Waals surface area contributed by atoms with Crippen molar-refractivity contribution in [2.75, 3.05) is 12.3 Å². The molecule has 3 N–H and O–H groups in total. The molecule has 0 aliphatic carbocycles. The number of aliphatic imine (C=N–C) groups is 1. The molecule has 1 amide bonds. The van der Waals surface area contributed by atoms with Crippen LogP contribution in [0.3, 0.4) is 0 Å². The summed E-state index contributed by atoms with van der Waals surface area (Å²) in [5, 5.41) is 4.39. The zero-order chi connectivity index (χ0) is 13.1. The van der Waals surface area contributed by atoms with Gasteiger partial charge >= 0.3 is 0 Å². The third-order valence-corrected chi connectivity index (χ3v) is 4.28. The number of primary amides is 1. The SMILES string of the molecule is CCC1(C)CCSC(=NCC(C)(C)C(N)=O)N1. The predicted molar refractivity (Wildman–Crippen MR) is 74.2 cm³/mol. The molecule has 17 heavy (non-hydrogen) atoms. The Hall–Kier alpha value is -0.710. The molecule has 1 fully saturated rings. The smallest absolute Gasteiger partial charge is 0.224 e. The van der Waals surface area contributed by atoms with E-state index in [1.165, 1.54) is 0 Å². The highest BCUT2D eigenvalue weighted by Gasteiger charge is 2.29. The average Bonchev–Trinajstić information content (AvgIpc) is 2.27. The van der Waals surface area contributed by atoms with Crippen molar-refractivity contribution in [2.45, 2.75) is 46.1 Å². The number of carbonyl (C=O) groups is 1. The van der Waals surface area contributed by atoms with Crippen molar-refractivity contribution in [3.8, 4) is 0 Å². The topological polar surface area (TPSA) is 67.5 Å². The lowest BCUT2D eigenvalue weighted by molar-refractivity contribution is -0.125. The van der Waals surface area contributed by atoms with Crippen molar-refractivity contribution in [3.05, 3.63) is 0 Å². The molecule has 98 valence electrons. The Morgan fingerprint density at radius 3 is 2.82 bits per heavy atom. The number of amides is 1. The number of carbonyl (C=O) groups excluding carboxylic acids is 1. The third-order valence-electron chi connectivity index (χ3n) is 3.37. The molecule has 1 unspecified atom stereocenters. The van der Waals surface area contributed by atoms with E-state index < -0.39 is 5.41 Å². The first-order chi connectivity index (χ1) is 7.79. The minimum absolute atomic E-state index is 0.140. The largest absolute Gasteiger partial charge is 0.369 e. The average molecular weight is 257 g/mol. The van der Waals surface area contributed by atoms with Crippen LogP contribution in [0.1, 0.15) is 40.5 Å². The van der Waals surface area contributed by atoms with Gasteiger partial charge in [0.15, 0.2) is 5.17 Å². The molecule has 4 nitrogen and oxygen atoms in total. The van der Waals surface area contributed by atoms with Crippen LogP contribution in [0.4, 0.5) is 0 Å². The highest BCUT2D eigenvalue weighted by Crippen LogP contribution is 2.25. The maximum Gasteiger partial charge on any atom is 0.224 e. The van der Waals surface area contributed by atoms with Gasteiger partial charge in [0.05, 0.1) is 12.0 Å². The monoisotopic (exact) mass is 257 g/mol. The van der Waals surface area contributed by atoms with E-state index in [1.807, 2.05) is 13.8 Å². The summed E-state index contributed by atoms with van der Waals surface area (Å²) < 4.78 is 0. The molecule has 1 aliphatic heterocycles. The Morgan fingerprint density at radius 1 is 1.65 bits per heavy atom. The first-order valence-electron chi connectivity index (χ1n) is 6.04. The Balaban J connectivity index is 2.64. The standard InChI is InChI=1S/C12H23N3OS/c1-5-12(4)6-7-17-10(15-12)14-8-11(2,3)9(13)16/h5-8H2,1-4H3,(H2,13,16)(H,14,15). The van der Waals surface area contributed by atoms with Gasteiger partial charge in [0.25, 0.3) is 0 Å². The molecule has 1 heterocycles. The van der Waals surface area contributed by atoms with Crippen molar-refractivity contribution in [1.82, 2.24) is 5.32 Å². The van der Waals surface area contributed by atoms with E-state index in [-0.39, 0.29) is 11.4 Å². The zero-order valence-corrected chi connectivity index (χ0v) is 12.0. The molecule has 0 aromatic rings. The second-order valence-electron chi connectivity index (χ2n) is 5.51. The van der Waals surface area contributed by atoms with Crippen molar-refractivity contribution < 1.29 is 4.79 Å². The molecule has 0 radical (unpaired) electrons. The molecule has 0 saturated carbocycles. The van der Waals surface area contributed by atoms with E-state index in [0.29, 0.717) is 6.54 Å². The minimum atomic E-state index is -0.574. The molecular weight excluding hydrogens is 234 g/mol. The molecule has 1 aliphatic rings. The maximum atomic E-state index is 11.2. The normalized spacial score (nSPS) is 27.9. The Kier molecular flexibility index (Phi) is 4.47. The minimum Gasteiger partial charge on any atom is -0.369 e. The van der Waals surface area contributed by atoms with Crippen molar-refractivity contribution >= 4 is 22.8 Å². The van der Waals surface area contributed by atoms with Crippen LogP contribution >= 0.6 is 11.8 Å². The quantitative estimate of drug-likeness (QED) is 0.806. The Bertz CT molecular complexity index is 328. The van der Waals surface area contributed by atoms with Gasteiger partial charge in [0, 0.05) is 11.3 Å². The summed E-state index contributed by atoms with van der Waals surface area (Å²) in [6, 6.07) is 0. The predicted octanol–water partition coefficient (Wildman–Crippen LogP) is 1.75. The Labute approximate surface area is 108 Å². The number of hydrogen-bond acceptors (Lipinski definition) is 3. The Morgan fingerprint density at radius 2 is 2.29 bits per heavy atom. The summed E-state index contributed by atoms with van der Waals surface area (Å²) in [6.45, 7) is 8.48. The summed E-state index contributed by atoms with van der Waals surface area (Å²) in [5.41, 5.74) is 4.90. The van der Waals surface area contributed by atoms with Gasteiger partial charge in [-0.1, -0.05) is 18.7 Å². The highest BCUT2D eigenvalue weighted by molar-refractivity contribution is 8.13. The van der Waals surface area contributed by atoms with Crippen molar-refractivity contribution in [2.24, 2.45) is 16.1 Å². The number of nitrogens with two attached hydrogens (primary N) is 1. The number of thioether (sulfide) groups is 1. The first-order valence-corrected chi connectivity index (χ1v) is 7.03. The molecule has 5 heteroatoms. The fourth-order valence-electron chi connectivity index (χ4n) is 1.43. The summed E-state index contributed by atoms with van der Waals surface area (Å²) in [6.07, 6.45) is 2.22. The lowest BCUT2D eigenvalue weighted by Gasteiger charge is -2.35. The van der Waals surface area contributed by atoms with Gasteiger partial charge in [-0.2, -0.15) is 0 Å². The van der Waals surface area contributed by atoms with Crippen molar-refractivity contribution in [3.63, 3.8) is 0 Å². The van der Waals surface area contributed by atoms with Crippen LogP contribution in [0, 0.1) is 5.41 Å². The molecular formula is C12H23N3OS. The van der Waals surface area contributed by atoms with Crippen LogP contribution in [0.2, 0.25) is 0 Å². The molecule has 0 spiro atoms. The van der Waals surface area contributed by atoms with Crippen LogP contribution in [0.25, 0.3) is 0 Å². The van der Waals surface area contributed by atoms with E-state index in [9.17, 15) is 4.79 Å². The summed E-state index contributed by atoms with van der Waals surface area (Å²) >= 11 is 1.72. The van der Waals surface area contributed by atoms with Gasteiger partial charge in [-0.25, -0.2) is 0 Å². The molecule has 0 bridgehead atoms.